The van der Waals surface area contributed by atoms with Crippen molar-refractivity contribution in [2.45, 2.75) is 11.8 Å². The number of nitro benzene ring substituents is 1. The van der Waals surface area contributed by atoms with Gasteiger partial charge in [0.2, 0.25) is 0 Å². The number of non-ortho nitro benzene ring substituents is 1. The zero-order chi connectivity index (χ0) is 17.2. The fourth-order valence-electron chi connectivity index (χ4n) is 1.64. The fourth-order valence-corrected chi connectivity index (χ4v) is 3.76. The van der Waals surface area contributed by atoms with Gasteiger partial charge in [-0.3, -0.25) is 14.8 Å². The monoisotopic (exact) mass is 357 g/mol. The Morgan fingerprint density at radius 2 is 1.96 bits per heavy atom. The van der Waals surface area contributed by atoms with E-state index in [4.69, 9.17) is 0 Å². The van der Waals surface area contributed by atoms with Crippen molar-refractivity contribution in [3.05, 3.63) is 45.0 Å². The Morgan fingerprint density at radius 3 is 2.48 bits per heavy atom. The first-order chi connectivity index (χ1) is 10.7. The number of anilines is 1. The number of hydrogen-bond acceptors (Lipinski definition) is 8. The molecule has 0 spiro atoms. The second kappa shape index (κ2) is 6.30. The van der Waals surface area contributed by atoms with E-state index in [2.05, 4.69) is 14.4 Å². The first-order valence-corrected chi connectivity index (χ1v) is 8.37. The fraction of sp³-hybridized carbons (Fsp3) is 0.167. The summed E-state index contributed by atoms with van der Waals surface area (Å²) < 4.78 is 31.2. The molecular weight excluding hydrogens is 346 g/mol. The minimum absolute atomic E-state index is 0.00116. The van der Waals surface area contributed by atoms with E-state index in [1.165, 1.54) is 7.11 Å². The standard InChI is InChI=1S/C12H11N3O6S2/c1-7-10(11(16)21-2)22-12(13-7)14-23(19,20)9-5-3-8(4-6-9)15(17)18/h3-6H,1-2H3,(H,13,14). The number of nitrogens with one attached hydrogen (secondary N) is 1. The molecule has 0 fully saturated rings. The lowest BCUT2D eigenvalue weighted by Crippen LogP contribution is -2.12. The first kappa shape index (κ1) is 16.8. The van der Waals surface area contributed by atoms with Gasteiger partial charge < -0.3 is 4.74 Å². The van der Waals surface area contributed by atoms with Gasteiger partial charge in [-0.05, 0) is 19.1 Å². The predicted molar refractivity (Wildman–Crippen MR) is 82.1 cm³/mol. The van der Waals surface area contributed by atoms with Crippen LogP contribution in [0, 0.1) is 17.0 Å². The average molecular weight is 357 g/mol. The van der Waals surface area contributed by atoms with Crippen LogP contribution in [0.1, 0.15) is 15.4 Å². The van der Waals surface area contributed by atoms with Crippen LogP contribution in [0.3, 0.4) is 0 Å². The molecular formula is C12H11N3O6S2. The molecule has 0 saturated carbocycles. The maximum Gasteiger partial charge on any atom is 0.350 e. The third-order valence-electron chi connectivity index (χ3n) is 2.75. The molecule has 11 heteroatoms. The molecule has 23 heavy (non-hydrogen) atoms. The molecule has 1 N–H and O–H groups in total. The molecule has 0 aliphatic heterocycles. The second-order valence-electron chi connectivity index (χ2n) is 4.28. The molecule has 0 radical (unpaired) electrons. The molecule has 2 aromatic rings. The number of nitro groups is 1. The summed E-state index contributed by atoms with van der Waals surface area (Å²) in [6.45, 7) is 1.55. The smallest absolute Gasteiger partial charge is 0.350 e. The molecule has 2 rings (SSSR count). The van der Waals surface area contributed by atoms with E-state index in [0.717, 1.165) is 35.6 Å². The van der Waals surface area contributed by atoms with Crippen molar-refractivity contribution >= 4 is 38.1 Å². The van der Waals surface area contributed by atoms with Crippen molar-refractivity contribution in [1.82, 2.24) is 4.98 Å². The van der Waals surface area contributed by atoms with Crippen molar-refractivity contribution in [2.75, 3.05) is 11.8 Å². The molecule has 0 bridgehead atoms. The van der Waals surface area contributed by atoms with Crippen LogP contribution < -0.4 is 4.72 Å². The Labute approximate surface area is 135 Å². The van der Waals surface area contributed by atoms with Gasteiger partial charge >= 0.3 is 5.97 Å². The number of carbonyl (C=O) groups is 1. The van der Waals surface area contributed by atoms with E-state index >= 15 is 0 Å². The number of esters is 1. The summed E-state index contributed by atoms with van der Waals surface area (Å²) in [5, 5.41) is 10.6. The molecule has 122 valence electrons. The normalized spacial score (nSPS) is 11.0. The van der Waals surface area contributed by atoms with E-state index in [1.807, 2.05) is 0 Å². The van der Waals surface area contributed by atoms with E-state index < -0.39 is 20.9 Å². The summed E-state index contributed by atoms with van der Waals surface area (Å²) in [5.74, 6) is -0.610. The van der Waals surface area contributed by atoms with Crippen LogP contribution in [0.4, 0.5) is 10.8 Å². The van der Waals surface area contributed by atoms with Gasteiger partial charge in [-0.15, -0.1) is 0 Å². The van der Waals surface area contributed by atoms with Gasteiger partial charge in [-0.25, -0.2) is 18.2 Å². The molecule has 0 atom stereocenters. The Hall–Kier alpha value is -2.53. The van der Waals surface area contributed by atoms with Crippen LogP contribution in [0.15, 0.2) is 29.2 Å². The summed E-state index contributed by atoms with van der Waals surface area (Å²) in [7, 11) is -2.76. The minimum Gasteiger partial charge on any atom is -0.465 e. The lowest BCUT2D eigenvalue weighted by atomic mass is 10.3. The number of hydrogen-bond donors (Lipinski definition) is 1. The SMILES string of the molecule is COC(=O)c1sc(NS(=O)(=O)c2ccc([N+](=O)[O-])cc2)nc1C. The van der Waals surface area contributed by atoms with Crippen LogP contribution >= 0.6 is 11.3 Å². The summed E-state index contributed by atoms with van der Waals surface area (Å²) in [6, 6.07) is 4.40. The third kappa shape index (κ3) is 3.63. The molecule has 1 aromatic heterocycles. The molecule has 0 amide bonds. The largest absolute Gasteiger partial charge is 0.465 e. The Bertz CT molecular complexity index is 857. The Balaban J connectivity index is 2.28. The van der Waals surface area contributed by atoms with Crippen molar-refractivity contribution in [1.29, 1.82) is 0 Å². The van der Waals surface area contributed by atoms with E-state index in [1.54, 1.807) is 6.92 Å². The number of sulfonamides is 1. The van der Waals surface area contributed by atoms with Crippen molar-refractivity contribution in [2.24, 2.45) is 0 Å². The van der Waals surface area contributed by atoms with E-state index in [-0.39, 0.29) is 20.6 Å². The Morgan fingerprint density at radius 1 is 1.35 bits per heavy atom. The first-order valence-electron chi connectivity index (χ1n) is 6.07. The highest BCUT2D eigenvalue weighted by Crippen LogP contribution is 2.26. The summed E-state index contributed by atoms with van der Waals surface area (Å²) in [6.07, 6.45) is 0. The number of ether oxygens (including phenoxy) is 1. The molecule has 0 saturated heterocycles. The molecule has 1 aromatic carbocycles. The topological polar surface area (TPSA) is 128 Å². The lowest BCUT2D eigenvalue weighted by molar-refractivity contribution is -0.384. The van der Waals surface area contributed by atoms with Crippen molar-refractivity contribution in [3.63, 3.8) is 0 Å². The van der Waals surface area contributed by atoms with Crippen LogP contribution in [-0.2, 0) is 14.8 Å². The molecule has 1 heterocycles. The quantitative estimate of drug-likeness (QED) is 0.492. The van der Waals surface area contributed by atoms with Crippen LogP contribution in [-0.4, -0.2) is 31.4 Å². The number of carbonyl (C=O) groups excluding carboxylic acids is 1. The highest BCUT2D eigenvalue weighted by atomic mass is 32.2. The number of nitrogens with zero attached hydrogens (tertiary/aromatic N) is 2. The Kier molecular flexibility index (Phi) is 4.61. The average Bonchev–Trinajstić information content (AvgIpc) is 2.86. The van der Waals surface area contributed by atoms with Gasteiger partial charge in [0.1, 0.15) is 4.88 Å². The summed E-state index contributed by atoms with van der Waals surface area (Å²) in [4.78, 5) is 25.4. The number of methoxy groups -OCH3 is 1. The predicted octanol–water partition coefficient (Wildman–Crippen LogP) is 1.95. The second-order valence-corrected chi connectivity index (χ2v) is 6.96. The maximum absolute atomic E-state index is 12.2. The number of rotatable bonds is 5. The number of aromatic nitrogens is 1. The molecule has 0 aliphatic carbocycles. The number of thiazole rings is 1. The summed E-state index contributed by atoms with van der Waals surface area (Å²) in [5.41, 5.74) is 0.116. The van der Waals surface area contributed by atoms with Gasteiger partial charge in [0.25, 0.3) is 15.7 Å². The highest BCUT2D eigenvalue weighted by Gasteiger charge is 2.21. The zero-order valence-electron chi connectivity index (χ0n) is 12.0. The van der Waals surface area contributed by atoms with E-state index in [0.29, 0.717) is 5.69 Å². The van der Waals surface area contributed by atoms with Gasteiger partial charge in [0.15, 0.2) is 5.13 Å². The third-order valence-corrected chi connectivity index (χ3v) is 5.28. The van der Waals surface area contributed by atoms with Crippen molar-refractivity contribution < 1.29 is 22.9 Å². The van der Waals surface area contributed by atoms with Gasteiger partial charge in [0.05, 0.1) is 22.6 Å². The van der Waals surface area contributed by atoms with Gasteiger partial charge in [-0.1, -0.05) is 11.3 Å². The summed E-state index contributed by atoms with van der Waals surface area (Å²) >= 11 is 0.838. The van der Waals surface area contributed by atoms with Crippen LogP contribution in [0.25, 0.3) is 0 Å². The zero-order valence-corrected chi connectivity index (χ0v) is 13.6. The van der Waals surface area contributed by atoms with Crippen molar-refractivity contribution in [3.8, 4) is 0 Å². The van der Waals surface area contributed by atoms with Gasteiger partial charge in [0, 0.05) is 12.1 Å². The molecule has 9 nitrogen and oxygen atoms in total. The molecule has 0 aliphatic rings. The van der Waals surface area contributed by atoms with Crippen LogP contribution in [0.2, 0.25) is 0 Å². The number of benzene rings is 1. The highest BCUT2D eigenvalue weighted by molar-refractivity contribution is 7.93. The molecule has 0 unspecified atom stereocenters. The number of aryl methyl sites for hydroxylation is 1. The van der Waals surface area contributed by atoms with E-state index in [9.17, 15) is 23.3 Å². The maximum atomic E-state index is 12.2. The minimum atomic E-state index is -3.97. The lowest BCUT2D eigenvalue weighted by Gasteiger charge is -2.04. The van der Waals surface area contributed by atoms with Gasteiger partial charge in [-0.2, -0.15) is 0 Å². The van der Waals surface area contributed by atoms with Crippen LogP contribution in [0.5, 0.6) is 0 Å².